The lowest BCUT2D eigenvalue weighted by Crippen LogP contribution is -2.42. The molecule has 1 aromatic rings. The second-order valence-electron chi connectivity index (χ2n) is 9.42. The van der Waals surface area contributed by atoms with Crippen LogP contribution in [0, 0.1) is 11.8 Å². The van der Waals surface area contributed by atoms with Gasteiger partial charge in [-0.05, 0) is 75.1 Å². The summed E-state index contributed by atoms with van der Waals surface area (Å²) in [4.78, 5) is 16.9. The smallest absolute Gasteiger partial charge is 0.222 e. The molecule has 29 heavy (non-hydrogen) atoms. The van der Waals surface area contributed by atoms with E-state index in [0.29, 0.717) is 17.7 Å². The topological polar surface area (TPSA) is 32.8 Å². The molecule has 2 saturated carbocycles. The number of benzene rings is 1. The third-order valence-corrected chi connectivity index (χ3v) is 7.45. The van der Waals surface area contributed by atoms with E-state index in [2.05, 4.69) is 17.0 Å². The minimum Gasteiger partial charge on any atom is -0.489 e. The number of likely N-dealkylation sites (tertiary alicyclic amines) is 1. The van der Waals surface area contributed by atoms with E-state index in [9.17, 15) is 4.79 Å². The largest absolute Gasteiger partial charge is 0.489 e. The van der Waals surface area contributed by atoms with Crippen molar-refractivity contribution in [2.45, 2.75) is 70.4 Å². The van der Waals surface area contributed by atoms with Crippen molar-refractivity contribution in [1.29, 1.82) is 0 Å². The number of rotatable bonds is 8. The fourth-order valence-electron chi connectivity index (χ4n) is 5.16. The maximum absolute atomic E-state index is 12.4. The molecule has 160 valence electrons. The van der Waals surface area contributed by atoms with Gasteiger partial charge in [-0.2, -0.15) is 0 Å². The summed E-state index contributed by atoms with van der Waals surface area (Å²) in [6, 6.07) is 6.15. The number of amides is 1. The summed E-state index contributed by atoms with van der Waals surface area (Å²) in [5.74, 6) is 2.30. The van der Waals surface area contributed by atoms with Gasteiger partial charge in [0.2, 0.25) is 5.91 Å². The summed E-state index contributed by atoms with van der Waals surface area (Å²) < 4.78 is 6.21. The fourth-order valence-corrected chi connectivity index (χ4v) is 5.39. The Morgan fingerprint density at radius 1 is 1.14 bits per heavy atom. The van der Waals surface area contributed by atoms with Crippen molar-refractivity contribution in [3.8, 4) is 5.75 Å². The average molecular weight is 419 g/mol. The summed E-state index contributed by atoms with van der Waals surface area (Å²) in [7, 11) is 1.96. The van der Waals surface area contributed by atoms with Crippen LogP contribution in [0.3, 0.4) is 0 Å². The van der Waals surface area contributed by atoms with Crippen LogP contribution in [0.15, 0.2) is 18.2 Å². The van der Waals surface area contributed by atoms with Gasteiger partial charge in [0.25, 0.3) is 0 Å². The van der Waals surface area contributed by atoms with Gasteiger partial charge in [-0.3, -0.25) is 9.69 Å². The van der Waals surface area contributed by atoms with Crippen LogP contribution in [0.4, 0.5) is 0 Å². The van der Waals surface area contributed by atoms with Crippen molar-refractivity contribution < 1.29 is 9.53 Å². The van der Waals surface area contributed by atoms with E-state index in [-0.39, 0.29) is 6.10 Å². The highest BCUT2D eigenvalue weighted by atomic mass is 35.5. The van der Waals surface area contributed by atoms with Gasteiger partial charge >= 0.3 is 0 Å². The van der Waals surface area contributed by atoms with Crippen LogP contribution in [0.2, 0.25) is 5.02 Å². The van der Waals surface area contributed by atoms with Gasteiger partial charge in [0.15, 0.2) is 0 Å². The van der Waals surface area contributed by atoms with Crippen molar-refractivity contribution in [3.05, 3.63) is 28.8 Å². The normalized spacial score (nSPS) is 25.2. The van der Waals surface area contributed by atoms with Crippen LogP contribution < -0.4 is 4.74 Å². The highest BCUT2D eigenvalue weighted by Crippen LogP contribution is 2.36. The highest BCUT2D eigenvalue weighted by molar-refractivity contribution is 6.32. The second-order valence-corrected chi connectivity index (χ2v) is 9.80. The Kier molecular flexibility index (Phi) is 7.02. The molecule has 0 N–H and O–H groups in total. The maximum atomic E-state index is 12.4. The minimum absolute atomic E-state index is 0.220. The van der Waals surface area contributed by atoms with E-state index in [1.807, 2.05) is 18.0 Å². The Hall–Kier alpha value is -1.26. The molecule has 1 saturated heterocycles. The van der Waals surface area contributed by atoms with E-state index < -0.39 is 0 Å². The summed E-state index contributed by atoms with van der Waals surface area (Å²) in [5.41, 5.74) is 1.17. The first-order valence-electron chi connectivity index (χ1n) is 11.5. The lowest BCUT2D eigenvalue weighted by Gasteiger charge is -2.38. The van der Waals surface area contributed by atoms with Gasteiger partial charge in [-0.1, -0.05) is 36.6 Å². The first-order valence-corrected chi connectivity index (χ1v) is 11.9. The van der Waals surface area contributed by atoms with E-state index in [4.69, 9.17) is 16.3 Å². The third-order valence-electron chi connectivity index (χ3n) is 7.02. The zero-order valence-corrected chi connectivity index (χ0v) is 18.5. The van der Waals surface area contributed by atoms with E-state index in [1.54, 1.807) is 0 Å². The number of carbonyl (C=O) groups is 1. The number of halogens is 1. The van der Waals surface area contributed by atoms with Gasteiger partial charge < -0.3 is 9.64 Å². The lowest BCUT2D eigenvalue weighted by atomic mass is 9.82. The maximum Gasteiger partial charge on any atom is 0.222 e. The van der Waals surface area contributed by atoms with Crippen molar-refractivity contribution in [3.63, 3.8) is 0 Å². The van der Waals surface area contributed by atoms with Crippen molar-refractivity contribution in [2.24, 2.45) is 11.8 Å². The molecule has 0 atom stereocenters. The molecular weight excluding hydrogens is 384 g/mol. The van der Waals surface area contributed by atoms with Gasteiger partial charge in [-0.25, -0.2) is 0 Å². The van der Waals surface area contributed by atoms with Crippen LogP contribution in [0.25, 0.3) is 0 Å². The van der Waals surface area contributed by atoms with Gasteiger partial charge in [0.1, 0.15) is 5.75 Å². The Balaban J connectivity index is 1.21. The van der Waals surface area contributed by atoms with Crippen molar-refractivity contribution >= 4 is 17.5 Å². The number of hydrogen-bond donors (Lipinski definition) is 0. The molecule has 4 nitrogen and oxygen atoms in total. The van der Waals surface area contributed by atoms with Crippen LogP contribution >= 0.6 is 11.6 Å². The molecule has 0 bridgehead atoms. The molecule has 3 aliphatic rings. The molecule has 1 heterocycles. The van der Waals surface area contributed by atoms with Crippen LogP contribution in [0.5, 0.6) is 5.75 Å². The zero-order chi connectivity index (χ0) is 20.2. The van der Waals surface area contributed by atoms with E-state index in [0.717, 1.165) is 43.1 Å². The van der Waals surface area contributed by atoms with Gasteiger partial charge in [0, 0.05) is 26.6 Å². The summed E-state index contributed by atoms with van der Waals surface area (Å²) in [5, 5.41) is 0.770. The molecule has 1 aromatic carbocycles. The summed E-state index contributed by atoms with van der Waals surface area (Å²) in [6.45, 7) is 4.10. The van der Waals surface area contributed by atoms with Crippen LogP contribution in [-0.2, 0) is 11.3 Å². The molecule has 1 aliphatic heterocycles. The first kappa shape index (κ1) is 21.0. The molecule has 1 amide bonds. The number of ether oxygens (including phenoxy) is 1. The lowest BCUT2D eigenvalue weighted by molar-refractivity contribution is -0.132. The Morgan fingerprint density at radius 2 is 1.86 bits per heavy atom. The molecule has 2 aliphatic carbocycles. The zero-order valence-electron chi connectivity index (χ0n) is 17.7. The Morgan fingerprint density at radius 3 is 2.59 bits per heavy atom. The number of nitrogens with zero attached hydrogens (tertiary/aromatic N) is 2. The monoisotopic (exact) mass is 418 g/mol. The van der Waals surface area contributed by atoms with E-state index >= 15 is 0 Å². The third kappa shape index (κ3) is 5.46. The fraction of sp³-hybridized carbons (Fsp3) is 0.708. The summed E-state index contributed by atoms with van der Waals surface area (Å²) in [6.07, 6.45) is 10.6. The van der Waals surface area contributed by atoms with Gasteiger partial charge in [0.05, 0.1) is 11.1 Å². The first-order chi connectivity index (χ1) is 14.1. The number of hydrogen-bond acceptors (Lipinski definition) is 3. The predicted octanol–water partition coefficient (Wildman–Crippen LogP) is 5.13. The Bertz CT molecular complexity index is 692. The molecule has 5 heteroatoms. The quantitative estimate of drug-likeness (QED) is 0.586. The van der Waals surface area contributed by atoms with Crippen molar-refractivity contribution in [1.82, 2.24) is 9.80 Å². The summed E-state index contributed by atoms with van der Waals surface area (Å²) >= 11 is 6.65. The van der Waals surface area contributed by atoms with Crippen LogP contribution in [0.1, 0.15) is 63.4 Å². The minimum atomic E-state index is 0.220. The van der Waals surface area contributed by atoms with E-state index in [1.165, 1.54) is 57.2 Å². The van der Waals surface area contributed by atoms with Gasteiger partial charge in [-0.15, -0.1) is 0 Å². The molecule has 0 spiro atoms. The molecule has 0 unspecified atom stereocenters. The predicted molar refractivity (Wildman–Crippen MR) is 117 cm³/mol. The molecule has 0 aromatic heterocycles. The van der Waals surface area contributed by atoms with Crippen LogP contribution in [-0.4, -0.2) is 48.5 Å². The molecule has 0 radical (unpaired) electrons. The highest BCUT2D eigenvalue weighted by Gasteiger charge is 2.33. The number of carbonyl (C=O) groups excluding carboxylic acids is 1. The molecule has 3 fully saturated rings. The second kappa shape index (κ2) is 9.70. The standard InChI is InChI=1S/C24H35ClN2O2/c1-26(23(28)15-18-7-2-3-8-18)16-19-13-21(14-19)29-22-10-6-9-20(24(22)25)17-27-11-4-5-12-27/h6,9-10,18-19,21H,2-5,7-8,11-17H2,1H3. The molecule has 4 rings (SSSR count). The SMILES string of the molecule is CN(CC1CC(Oc2cccc(CN3CCCC3)c2Cl)C1)C(=O)CC1CCCC1. The average Bonchev–Trinajstić information content (AvgIpc) is 3.37. The van der Waals surface area contributed by atoms with Crippen molar-refractivity contribution in [2.75, 3.05) is 26.7 Å². The Labute approximate surface area is 180 Å². The molecular formula is C24H35ClN2O2.